The van der Waals surface area contributed by atoms with E-state index in [0.717, 1.165) is 16.7 Å². The minimum atomic E-state index is -0.431. The standard InChI is InChI=1S/C18H21N3O2/c1-12(21-18(23)17-9-16(22)11-20-17)13-4-6-14(7-5-13)15-3-2-8-19-10-15/h2-8,10,12,16-17,20,22H,9,11H2,1H3,(H,21,23). The second kappa shape index (κ2) is 6.89. The van der Waals surface area contributed by atoms with Crippen molar-refractivity contribution in [3.8, 4) is 11.1 Å². The SMILES string of the molecule is CC(NC(=O)C1CC(O)CN1)c1ccc(-c2cccnc2)cc1. The monoisotopic (exact) mass is 311 g/mol. The first-order chi connectivity index (χ1) is 11.1. The number of aromatic nitrogens is 1. The zero-order valence-corrected chi connectivity index (χ0v) is 13.1. The Bertz CT molecular complexity index is 658. The van der Waals surface area contributed by atoms with Crippen molar-refractivity contribution in [3.63, 3.8) is 0 Å². The lowest BCUT2D eigenvalue weighted by atomic mass is 10.0. The molecule has 2 heterocycles. The average molecular weight is 311 g/mol. The average Bonchev–Trinajstić information content (AvgIpc) is 3.02. The molecule has 3 N–H and O–H groups in total. The number of β-amino-alcohol motifs (C(OH)–C–C–N with tert-alkyl or cyclic N) is 1. The molecule has 5 heteroatoms. The summed E-state index contributed by atoms with van der Waals surface area (Å²) in [4.78, 5) is 16.3. The van der Waals surface area contributed by atoms with E-state index in [-0.39, 0.29) is 18.0 Å². The summed E-state index contributed by atoms with van der Waals surface area (Å²) in [6.07, 6.45) is 3.62. The highest BCUT2D eigenvalue weighted by molar-refractivity contribution is 5.82. The normalized spacial score (nSPS) is 21.8. The van der Waals surface area contributed by atoms with E-state index in [1.54, 1.807) is 6.20 Å². The molecule has 1 fully saturated rings. The molecule has 1 amide bonds. The van der Waals surface area contributed by atoms with Crippen molar-refractivity contribution < 1.29 is 9.90 Å². The van der Waals surface area contributed by atoms with Gasteiger partial charge in [-0.3, -0.25) is 9.78 Å². The second-order valence-corrected chi connectivity index (χ2v) is 5.94. The summed E-state index contributed by atoms with van der Waals surface area (Å²) in [7, 11) is 0. The van der Waals surface area contributed by atoms with Crippen LogP contribution < -0.4 is 10.6 Å². The number of pyridine rings is 1. The van der Waals surface area contributed by atoms with Gasteiger partial charge in [-0.25, -0.2) is 0 Å². The Labute approximate surface area is 135 Å². The van der Waals surface area contributed by atoms with Gasteiger partial charge < -0.3 is 15.7 Å². The number of aliphatic hydroxyl groups is 1. The summed E-state index contributed by atoms with van der Waals surface area (Å²) in [6.45, 7) is 2.44. The Hall–Kier alpha value is -2.24. The molecule has 5 nitrogen and oxygen atoms in total. The maximum atomic E-state index is 12.2. The van der Waals surface area contributed by atoms with E-state index in [0.29, 0.717) is 13.0 Å². The lowest BCUT2D eigenvalue weighted by molar-refractivity contribution is -0.123. The maximum Gasteiger partial charge on any atom is 0.237 e. The molecule has 1 aromatic carbocycles. The van der Waals surface area contributed by atoms with Crippen LogP contribution in [0, 0.1) is 0 Å². The number of hydrogen-bond acceptors (Lipinski definition) is 4. The van der Waals surface area contributed by atoms with E-state index in [2.05, 4.69) is 15.6 Å². The molecule has 1 aromatic heterocycles. The van der Waals surface area contributed by atoms with Gasteiger partial charge in [0.25, 0.3) is 0 Å². The van der Waals surface area contributed by atoms with E-state index in [1.807, 2.05) is 49.5 Å². The smallest absolute Gasteiger partial charge is 0.237 e. The van der Waals surface area contributed by atoms with Crippen LogP contribution in [0.3, 0.4) is 0 Å². The first-order valence-electron chi connectivity index (χ1n) is 7.85. The molecule has 0 spiro atoms. The third-order valence-corrected chi connectivity index (χ3v) is 4.19. The number of nitrogens with one attached hydrogen (secondary N) is 2. The van der Waals surface area contributed by atoms with Crippen LogP contribution in [-0.4, -0.2) is 34.7 Å². The fourth-order valence-electron chi connectivity index (χ4n) is 2.81. The molecule has 1 aliphatic rings. The van der Waals surface area contributed by atoms with Crippen LogP contribution in [0.1, 0.15) is 24.9 Å². The molecule has 1 saturated heterocycles. The third-order valence-electron chi connectivity index (χ3n) is 4.19. The number of rotatable bonds is 4. The predicted octanol–water partition coefficient (Wildman–Crippen LogP) is 1.65. The van der Waals surface area contributed by atoms with Crippen molar-refractivity contribution in [1.82, 2.24) is 15.6 Å². The Morgan fingerprint density at radius 2 is 2.09 bits per heavy atom. The first kappa shape index (κ1) is 15.6. The largest absolute Gasteiger partial charge is 0.392 e. The highest BCUT2D eigenvalue weighted by Gasteiger charge is 2.28. The van der Waals surface area contributed by atoms with Gasteiger partial charge in [0.15, 0.2) is 0 Å². The molecule has 0 saturated carbocycles. The van der Waals surface area contributed by atoms with Crippen molar-refractivity contribution in [2.75, 3.05) is 6.54 Å². The van der Waals surface area contributed by atoms with Crippen molar-refractivity contribution >= 4 is 5.91 Å². The molecular weight excluding hydrogens is 290 g/mol. The Morgan fingerprint density at radius 1 is 1.30 bits per heavy atom. The molecule has 0 radical (unpaired) electrons. The number of hydrogen-bond donors (Lipinski definition) is 3. The van der Waals surface area contributed by atoms with Gasteiger partial charge in [0, 0.05) is 18.9 Å². The number of benzene rings is 1. The number of carbonyl (C=O) groups is 1. The molecule has 3 rings (SSSR count). The molecule has 0 bridgehead atoms. The summed E-state index contributed by atoms with van der Waals surface area (Å²) in [5.74, 6) is -0.0645. The minimum absolute atomic E-state index is 0.0645. The zero-order chi connectivity index (χ0) is 16.2. The fourth-order valence-corrected chi connectivity index (χ4v) is 2.81. The summed E-state index contributed by atoms with van der Waals surface area (Å²) < 4.78 is 0. The molecule has 3 atom stereocenters. The van der Waals surface area contributed by atoms with Crippen LogP contribution in [0.15, 0.2) is 48.8 Å². The number of aliphatic hydroxyl groups excluding tert-OH is 1. The van der Waals surface area contributed by atoms with Gasteiger partial charge in [0.05, 0.1) is 18.2 Å². The Morgan fingerprint density at radius 3 is 2.70 bits per heavy atom. The summed E-state index contributed by atoms with van der Waals surface area (Å²) in [5.41, 5.74) is 3.21. The molecule has 23 heavy (non-hydrogen) atoms. The first-order valence-corrected chi connectivity index (χ1v) is 7.85. The van der Waals surface area contributed by atoms with Gasteiger partial charge in [0.1, 0.15) is 0 Å². The van der Waals surface area contributed by atoms with Crippen LogP contribution in [0.2, 0.25) is 0 Å². The quantitative estimate of drug-likeness (QED) is 0.802. The number of carbonyl (C=O) groups excluding carboxylic acids is 1. The van der Waals surface area contributed by atoms with E-state index >= 15 is 0 Å². The van der Waals surface area contributed by atoms with Crippen LogP contribution in [0.25, 0.3) is 11.1 Å². The van der Waals surface area contributed by atoms with Crippen LogP contribution in [-0.2, 0) is 4.79 Å². The van der Waals surface area contributed by atoms with E-state index in [4.69, 9.17) is 0 Å². The van der Waals surface area contributed by atoms with Gasteiger partial charge >= 0.3 is 0 Å². The van der Waals surface area contributed by atoms with Crippen LogP contribution in [0.5, 0.6) is 0 Å². The lowest BCUT2D eigenvalue weighted by Crippen LogP contribution is -2.41. The van der Waals surface area contributed by atoms with Gasteiger partial charge in [-0.1, -0.05) is 30.3 Å². The minimum Gasteiger partial charge on any atom is -0.392 e. The van der Waals surface area contributed by atoms with Gasteiger partial charge in [0.2, 0.25) is 5.91 Å². The molecule has 2 aromatic rings. The molecule has 120 valence electrons. The van der Waals surface area contributed by atoms with Crippen molar-refractivity contribution in [3.05, 3.63) is 54.4 Å². The van der Waals surface area contributed by atoms with Gasteiger partial charge in [-0.05, 0) is 36.1 Å². The predicted molar refractivity (Wildman–Crippen MR) is 88.6 cm³/mol. The fraction of sp³-hybridized carbons (Fsp3) is 0.333. The summed E-state index contributed by atoms with van der Waals surface area (Å²) in [6, 6.07) is 11.7. The highest BCUT2D eigenvalue weighted by atomic mass is 16.3. The number of amides is 1. The van der Waals surface area contributed by atoms with Crippen molar-refractivity contribution in [1.29, 1.82) is 0 Å². The summed E-state index contributed by atoms with van der Waals surface area (Å²) in [5, 5.41) is 15.5. The third kappa shape index (κ3) is 3.75. The lowest BCUT2D eigenvalue weighted by Gasteiger charge is -2.18. The van der Waals surface area contributed by atoms with Gasteiger partial charge in [-0.15, -0.1) is 0 Å². The Kier molecular flexibility index (Phi) is 4.69. The molecular formula is C18H21N3O2. The van der Waals surface area contributed by atoms with Crippen LogP contribution >= 0.6 is 0 Å². The van der Waals surface area contributed by atoms with Gasteiger partial charge in [-0.2, -0.15) is 0 Å². The Balaban J connectivity index is 1.64. The topological polar surface area (TPSA) is 74.2 Å². The van der Waals surface area contributed by atoms with E-state index < -0.39 is 6.10 Å². The van der Waals surface area contributed by atoms with Crippen molar-refractivity contribution in [2.24, 2.45) is 0 Å². The molecule has 1 aliphatic heterocycles. The maximum absolute atomic E-state index is 12.2. The zero-order valence-electron chi connectivity index (χ0n) is 13.1. The molecule has 3 unspecified atom stereocenters. The van der Waals surface area contributed by atoms with Crippen molar-refractivity contribution in [2.45, 2.75) is 31.5 Å². The summed E-state index contributed by atoms with van der Waals surface area (Å²) >= 11 is 0. The highest BCUT2D eigenvalue weighted by Crippen LogP contribution is 2.21. The van der Waals surface area contributed by atoms with Crippen LogP contribution in [0.4, 0.5) is 0 Å². The van der Waals surface area contributed by atoms with E-state index in [9.17, 15) is 9.90 Å². The molecule has 0 aliphatic carbocycles. The van der Waals surface area contributed by atoms with E-state index in [1.165, 1.54) is 0 Å². The number of nitrogens with zero attached hydrogens (tertiary/aromatic N) is 1. The second-order valence-electron chi connectivity index (χ2n) is 5.94.